The summed E-state index contributed by atoms with van der Waals surface area (Å²) in [7, 11) is 0. The molecule has 0 saturated carbocycles. The Morgan fingerprint density at radius 1 is 1.21 bits per heavy atom. The molecule has 1 N–H and O–H groups in total. The molecule has 1 amide bonds. The van der Waals surface area contributed by atoms with Crippen LogP contribution in [0, 0.1) is 5.82 Å². The fraction of sp³-hybridized carbons (Fsp3) is 0.211. The molecule has 0 radical (unpaired) electrons. The third kappa shape index (κ3) is 2.67. The van der Waals surface area contributed by atoms with E-state index >= 15 is 0 Å². The number of nitrogens with zero attached hydrogens (tertiary/aromatic N) is 1. The average Bonchev–Trinajstić information content (AvgIpc) is 3.09. The van der Waals surface area contributed by atoms with Crippen molar-refractivity contribution in [1.82, 2.24) is 9.88 Å². The first-order valence-corrected chi connectivity index (χ1v) is 7.95. The van der Waals surface area contributed by atoms with Crippen molar-refractivity contribution in [2.24, 2.45) is 0 Å². The highest BCUT2D eigenvalue weighted by molar-refractivity contribution is 5.98. The number of amides is 1. The minimum Gasteiger partial charge on any atom is -0.370 e. The summed E-state index contributed by atoms with van der Waals surface area (Å²) >= 11 is 0. The van der Waals surface area contributed by atoms with E-state index in [2.05, 4.69) is 4.98 Å². The lowest BCUT2D eigenvalue weighted by molar-refractivity contribution is -0.0243. The highest BCUT2D eigenvalue weighted by Gasteiger charge is 2.27. The highest BCUT2D eigenvalue weighted by atomic mass is 19.1. The molecule has 2 aromatic carbocycles. The highest BCUT2D eigenvalue weighted by Crippen LogP contribution is 2.26. The van der Waals surface area contributed by atoms with Crippen LogP contribution in [0.15, 0.2) is 54.7 Å². The molecule has 0 spiro atoms. The number of halogens is 1. The van der Waals surface area contributed by atoms with Crippen molar-refractivity contribution in [2.45, 2.75) is 6.10 Å². The Bertz CT molecular complexity index is 890. The molecule has 0 unspecified atom stereocenters. The van der Waals surface area contributed by atoms with Gasteiger partial charge in [-0.3, -0.25) is 4.79 Å². The lowest BCUT2D eigenvalue weighted by Gasteiger charge is -2.33. The van der Waals surface area contributed by atoms with E-state index in [9.17, 15) is 9.18 Å². The Balaban J connectivity index is 1.57. The number of hydrogen-bond donors (Lipinski definition) is 1. The summed E-state index contributed by atoms with van der Waals surface area (Å²) in [5, 5.41) is 1.07. The second kappa shape index (κ2) is 6.09. The van der Waals surface area contributed by atoms with Crippen LogP contribution in [0.3, 0.4) is 0 Å². The molecular weight excluding hydrogens is 307 g/mol. The van der Waals surface area contributed by atoms with E-state index in [-0.39, 0.29) is 11.7 Å². The Kier molecular flexibility index (Phi) is 3.78. The monoisotopic (exact) mass is 324 g/mol. The lowest BCUT2D eigenvalue weighted by Crippen LogP contribution is -2.42. The van der Waals surface area contributed by atoms with Crippen LogP contribution in [-0.2, 0) is 4.74 Å². The van der Waals surface area contributed by atoms with E-state index in [0.29, 0.717) is 30.8 Å². The van der Waals surface area contributed by atoms with Gasteiger partial charge < -0.3 is 14.6 Å². The molecule has 1 fully saturated rings. The number of aromatic amines is 1. The molecule has 24 heavy (non-hydrogen) atoms. The smallest absolute Gasteiger partial charge is 0.254 e. The van der Waals surface area contributed by atoms with Crippen molar-refractivity contribution in [3.05, 3.63) is 71.7 Å². The van der Waals surface area contributed by atoms with Crippen LogP contribution < -0.4 is 0 Å². The summed E-state index contributed by atoms with van der Waals surface area (Å²) in [6, 6.07) is 14.1. The van der Waals surface area contributed by atoms with Gasteiger partial charge in [0, 0.05) is 29.4 Å². The standard InChI is InChI=1S/C19H17FN2O2/c20-16-4-2-1-3-15(16)18-12-22(9-10-24-18)19(23)14-6-5-13-7-8-21-17(13)11-14/h1-8,11,18,21H,9-10,12H2/t18-/m0/s1. The van der Waals surface area contributed by atoms with Crippen LogP contribution in [-0.4, -0.2) is 35.5 Å². The lowest BCUT2D eigenvalue weighted by atomic mass is 10.1. The SMILES string of the molecule is O=C(c1ccc2cc[nH]c2c1)N1CCO[C@H](c2ccccc2F)C1. The zero-order valence-electron chi connectivity index (χ0n) is 13.0. The fourth-order valence-electron chi connectivity index (χ4n) is 3.12. The van der Waals surface area contributed by atoms with Gasteiger partial charge in [-0.25, -0.2) is 4.39 Å². The number of carbonyl (C=O) groups excluding carboxylic acids is 1. The molecule has 0 aliphatic carbocycles. The summed E-state index contributed by atoms with van der Waals surface area (Å²) in [5.74, 6) is -0.360. The van der Waals surface area contributed by atoms with Gasteiger partial charge in [-0.15, -0.1) is 0 Å². The summed E-state index contributed by atoms with van der Waals surface area (Å²) < 4.78 is 19.7. The third-order valence-corrected chi connectivity index (χ3v) is 4.41. The van der Waals surface area contributed by atoms with Crippen LogP contribution in [0.4, 0.5) is 4.39 Å². The molecule has 0 bridgehead atoms. The van der Waals surface area contributed by atoms with Gasteiger partial charge in [0.15, 0.2) is 0 Å². The van der Waals surface area contributed by atoms with E-state index < -0.39 is 6.10 Å². The number of benzene rings is 2. The van der Waals surface area contributed by atoms with E-state index in [1.807, 2.05) is 30.5 Å². The van der Waals surface area contributed by atoms with Gasteiger partial charge in [0.05, 0.1) is 13.2 Å². The molecule has 1 aliphatic rings. The molecule has 2 heterocycles. The quantitative estimate of drug-likeness (QED) is 0.784. The maximum atomic E-state index is 14.0. The molecule has 3 aromatic rings. The maximum absolute atomic E-state index is 14.0. The number of aromatic nitrogens is 1. The third-order valence-electron chi connectivity index (χ3n) is 4.41. The number of H-pyrrole nitrogens is 1. The van der Waals surface area contributed by atoms with Crippen molar-refractivity contribution in [1.29, 1.82) is 0 Å². The number of hydrogen-bond acceptors (Lipinski definition) is 2. The molecule has 1 aliphatic heterocycles. The predicted octanol–water partition coefficient (Wildman–Crippen LogP) is 3.52. The molecule has 5 heteroatoms. The van der Waals surface area contributed by atoms with E-state index in [1.165, 1.54) is 6.07 Å². The molecule has 1 saturated heterocycles. The van der Waals surface area contributed by atoms with Gasteiger partial charge >= 0.3 is 0 Å². The number of nitrogens with one attached hydrogen (secondary N) is 1. The van der Waals surface area contributed by atoms with Gasteiger partial charge in [-0.2, -0.15) is 0 Å². The molecule has 4 nitrogen and oxygen atoms in total. The predicted molar refractivity (Wildman–Crippen MR) is 89.3 cm³/mol. The van der Waals surface area contributed by atoms with Crippen molar-refractivity contribution in [3.63, 3.8) is 0 Å². The Hall–Kier alpha value is -2.66. The Morgan fingerprint density at radius 2 is 2.08 bits per heavy atom. The number of fused-ring (bicyclic) bond motifs is 1. The second-order valence-electron chi connectivity index (χ2n) is 5.91. The minimum absolute atomic E-state index is 0.0591. The summed E-state index contributed by atoms with van der Waals surface area (Å²) in [4.78, 5) is 17.6. The van der Waals surface area contributed by atoms with E-state index in [0.717, 1.165) is 10.9 Å². The first-order chi connectivity index (χ1) is 11.7. The normalized spacial score (nSPS) is 18.0. The number of morpholine rings is 1. The Morgan fingerprint density at radius 3 is 2.96 bits per heavy atom. The van der Waals surface area contributed by atoms with Crippen LogP contribution in [0.1, 0.15) is 22.0 Å². The van der Waals surface area contributed by atoms with Gasteiger partial charge in [0.1, 0.15) is 11.9 Å². The number of rotatable bonds is 2. The summed E-state index contributed by atoms with van der Waals surface area (Å²) in [5.41, 5.74) is 2.05. The summed E-state index contributed by atoms with van der Waals surface area (Å²) in [6.45, 7) is 1.25. The van der Waals surface area contributed by atoms with Gasteiger partial charge in [0.25, 0.3) is 5.91 Å². The topological polar surface area (TPSA) is 45.3 Å². The summed E-state index contributed by atoms with van der Waals surface area (Å²) in [6.07, 6.45) is 1.42. The molecule has 122 valence electrons. The fourth-order valence-corrected chi connectivity index (χ4v) is 3.12. The molecule has 1 aromatic heterocycles. The molecule has 1 atom stereocenters. The van der Waals surface area contributed by atoms with Crippen LogP contribution in [0.2, 0.25) is 0 Å². The largest absolute Gasteiger partial charge is 0.370 e. The minimum atomic E-state index is -0.432. The van der Waals surface area contributed by atoms with Crippen LogP contribution >= 0.6 is 0 Å². The first kappa shape index (κ1) is 14.9. The van der Waals surface area contributed by atoms with Crippen molar-refractivity contribution in [3.8, 4) is 0 Å². The van der Waals surface area contributed by atoms with Crippen molar-refractivity contribution >= 4 is 16.8 Å². The van der Waals surface area contributed by atoms with E-state index in [4.69, 9.17) is 4.74 Å². The van der Waals surface area contributed by atoms with E-state index in [1.54, 1.807) is 23.1 Å². The maximum Gasteiger partial charge on any atom is 0.254 e. The van der Waals surface area contributed by atoms with Gasteiger partial charge in [-0.05, 0) is 29.7 Å². The van der Waals surface area contributed by atoms with Crippen LogP contribution in [0.5, 0.6) is 0 Å². The van der Waals surface area contributed by atoms with Crippen molar-refractivity contribution in [2.75, 3.05) is 19.7 Å². The first-order valence-electron chi connectivity index (χ1n) is 7.95. The number of ether oxygens (including phenoxy) is 1. The second-order valence-corrected chi connectivity index (χ2v) is 5.91. The Labute approximate surface area is 138 Å². The molecule has 4 rings (SSSR count). The van der Waals surface area contributed by atoms with Crippen LogP contribution in [0.25, 0.3) is 10.9 Å². The zero-order valence-corrected chi connectivity index (χ0v) is 13.0. The average molecular weight is 324 g/mol. The van der Waals surface area contributed by atoms with Crippen molar-refractivity contribution < 1.29 is 13.9 Å². The van der Waals surface area contributed by atoms with Gasteiger partial charge in [0.2, 0.25) is 0 Å². The molecular formula is C19H17FN2O2. The zero-order chi connectivity index (χ0) is 16.5. The van der Waals surface area contributed by atoms with Gasteiger partial charge in [-0.1, -0.05) is 24.3 Å². The number of carbonyl (C=O) groups is 1.